The summed E-state index contributed by atoms with van der Waals surface area (Å²) in [5.41, 5.74) is 0. The van der Waals surface area contributed by atoms with Gasteiger partial charge in [0.25, 0.3) is 0 Å². The first-order valence-electron chi connectivity index (χ1n) is 3.74. The standard InChI is InChI=1S/C7H13NO4/c1-2-7(11)12-4-3-8-6(10)5-9/h9H,2-5H2,1H3,(H,8,10). The predicted octanol–water partition coefficient (Wildman–Crippen LogP) is -0.952. The Labute approximate surface area is 70.7 Å². The summed E-state index contributed by atoms with van der Waals surface area (Å²) < 4.78 is 4.65. The predicted molar refractivity (Wildman–Crippen MR) is 41.3 cm³/mol. The summed E-state index contributed by atoms with van der Waals surface area (Å²) in [6.45, 7) is 1.54. The van der Waals surface area contributed by atoms with E-state index >= 15 is 0 Å². The molecule has 0 atom stereocenters. The summed E-state index contributed by atoms with van der Waals surface area (Å²) in [4.78, 5) is 21.0. The molecule has 0 rings (SSSR count). The van der Waals surface area contributed by atoms with E-state index in [1.54, 1.807) is 6.92 Å². The van der Waals surface area contributed by atoms with Crippen molar-refractivity contribution in [2.24, 2.45) is 0 Å². The molecule has 0 spiro atoms. The number of ether oxygens (including phenoxy) is 1. The van der Waals surface area contributed by atoms with Gasteiger partial charge in [-0.05, 0) is 0 Å². The van der Waals surface area contributed by atoms with Gasteiger partial charge in [0.15, 0.2) is 0 Å². The van der Waals surface area contributed by atoms with Crippen molar-refractivity contribution in [3.8, 4) is 0 Å². The van der Waals surface area contributed by atoms with Crippen LogP contribution in [0, 0.1) is 0 Å². The average Bonchev–Trinajstić information content (AvgIpc) is 2.11. The van der Waals surface area contributed by atoms with Gasteiger partial charge in [-0.1, -0.05) is 6.92 Å². The number of aliphatic hydroxyl groups excluding tert-OH is 1. The third-order valence-electron chi connectivity index (χ3n) is 1.12. The van der Waals surface area contributed by atoms with Gasteiger partial charge >= 0.3 is 5.97 Å². The van der Waals surface area contributed by atoms with Crippen LogP contribution in [0.4, 0.5) is 0 Å². The molecule has 0 radical (unpaired) electrons. The number of aliphatic hydroxyl groups is 1. The Hall–Kier alpha value is -1.10. The Kier molecular flexibility index (Phi) is 6.00. The number of nitrogens with one attached hydrogen (secondary N) is 1. The van der Waals surface area contributed by atoms with Gasteiger partial charge < -0.3 is 15.2 Å². The van der Waals surface area contributed by atoms with Gasteiger partial charge in [0, 0.05) is 6.42 Å². The molecule has 0 fully saturated rings. The molecule has 5 nitrogen and oxygen atoms in total. The molecule has 70 valence electrons. The second-order valence-corrected chi connectivity index (χ2v) is 2.08. The molecule has 0 aliphatic heterocycles. The molecule has 0 heterocycles. The van der Waals surface area contributed by atoms with E-state index in [-0.39, 0.29) is 19.1 Å². The summed E-state index contributed by atoms with van der Waals surface area (Å²) >= 11 is 0. The number of hydrogen-bond acceptors (Lipinski definition) is 4. The summed E-state index contributed by atoms with van der Waals surface area (Å²) in [6, 6.07) is 0. The lowest BCUT2D eigenvalue weighted by Gasteiger charge is -2.03. The van der Waals surface area contributed by atoms with Crippen molar-refractivity contribution in [1.82, 2.24) is 5.32 Å². The van der Waals surface area contributed by atoms with Crippen molar-refractivity contribution in [2.75, 3.05) is 19.8 Å². The number of rotatable bonds is 5. The number of amides is 1. The fraction of sp³-hybridized carbons (Fsp3) is 0.714. The molecule has 12 heavy (non-hydrogen) atoms. The number of carbonyl (C=O) groups excluding carboxylic acids is 2. The molecular weight excluding hydrogens is 162 g/mol. The largest absolute Gasteiger partial charge is 0.464 e. The molecule has 0 saturated carbocycles. The monoisotopic (exact) mass is 175 g/mol. The van der Waals surface area contributed by atoms with Gasteiger partial charge in [0.2, 0.25) is 5.91 Å². The normalized spacial score (nSPS) is 9.17. The lowest BCUT2D eigenvalue weighted by molar-refractivity contribution is -0.143. The minimum absolute atomic E-state index is 0.151. The van der Waals surface area contributed by atoms with Gasteiger partial charge in [0.1, 0.15) is 13.2 Å². The van der Waals surface area contributed by atoms with Crippen LogP contribution in [-0.4, -0.2) is 36.7 Å². The first kappa shape index (κ1) is 10.9. The lowest BCUT2D eigenvalue weighted by Crippen LogP contribution is -2.30. The maximum Gasteiger partial charge on any atom is 0.305 e. The van der Waals surface area contributed by atoms with Crippen LogP contribution in [0.15, 0.2) is 0 Å². The summed E-state index contributed by atoms with van der Waals surface area (Å²) in [7, 11) is 0. The van der Waals surface area contributed by atoms with Gasteiger partial charge in [-0.2, -0.15) is 0 Å². The Balaban J connectivity index is 3.21. The van der Waals surface area contributed by atoms with Crippen molar-refractivity contribution < 1.29 is 19.4 Å². The third-order valence-corrected chi connectivity index (χ3v) is 1.12. The third kappa shape index (κ3) is 5.67. The maximum atomic E-state index is 10.5. The van der Waals surface area contributed by atoms with E-state index in [0.29, 0.717) is 6.42 Å². The van der Waals surface area contributed by atoms with Crippen LogP contribution < -0.4 is 5.32 Å². The van der Waals surface area contributed by atoms with Crippen molar-refractivity contribution in [2.45, 2.75) is 13.3 Å². The zero-order chi connectivity index (χ0) is 9.40. The fourth-order valence-corrected chi connectivity index (χ4v) is 0.513. The van der Waals surface area contributed by atoms with Crippen LogP contribution in [0.5, 0.6) is 0 Å². The molecule has 0 aromatic rings. The fourth-order valence-electron chi connectivity index (χ4n) is 0.513. The van der Waals surface area contributed by atoms with Crippen LogP contribution in [-0.2, 0) is 14.3 Å². The van der Waals surface area contributed by atoms with Gasteiger partial charge in [-0.3, -0.25) is 9.59 Å². The van der Waals surface area contributed by atoms with E-state index in [9.17, 15) is 9.59 Å². The van der Waals surface area contributed by atoms with Gasteiger partial charge in [-0.25, -0.2) is 0 Å². The van der Waals surface area contributed by atoms with Crippen molar-refractivity contribution in [1.29, 1.82) is 0 Å². The first-order valence-corrected chi connectivity index (χ1v) is 3.74. The number of hydrogen-bond donors (Lipinski definition) is 2. The highest BCUT2D eigenvalue weighted by atomic mass is 16.5. The molecule has 0 aliphatic carbocycles. The second-order valence-electron chi connectivity index (χ2n) is 2.08. The zero-order valence-corrected chi connectivity index (χ0v) is 7.00. The van der Waals surface area contributed by atoms with E-state index in [4.69, 9.17) is 5.11 Å². The molecule has 0 aromatic carbocycles. The lowest BCUT2D eigenvalue weighted by atomic mass is 10.5. The van der Waals surface area contributed by atoms with Crippen molar-refractivity contribution in [3.05, 3.63) is 0 Å². The molecule has 5 heteroatoms. The molecule has 1 amide bonds. The molecular formula is C7H13NO4. The Morgan fingerprint density at radius 1 is 1.50 bits per heavy atom. The number of esters is 1. The van der Waals surface area contributed by atoms with Crippen molar-refractivity contribution in [3.63, 3.8) is 0 Å². The molecule has 0 aliphatic rings. The Morgan fingerprint density at radius 2 is 2.17 bits per heavy atom. The second kappa shape index (κ2) is 6.60. The van der Waals surface area contributed by atoms with Crippen LogP contribution in [0.2, 0.25) is 0 Å². The number of carbonyl (C=O) groups is 2. The van der Waals surface area contributed by atoms with Crippen LogP contribution in [0.3, 0.4) is 0 Å². The zero-order valence-electron chi connectivity index (χ0n) is 7.00. The molecule has 0 aromatic heterocycles. The van der Waals surface area contributed by atoms with E-state index in [0.717, 1.165) is 0 Å². The highest BCUT2D eigenvalue weighted by Crippen LogP contribution is 1.82. The minimum Gasteiger partial charge on any atom is -0.464 e. The maximum absolute atomic E-state index is 10.5. The van der Waals surface area contributed by atoms with E-state index in [1.165, 1.54) is 0 Å². The highest BCUT2D eigenvalue weighted by molar-refractivity contribution is 5.76. The minimum atomic E-state index is -0.540. The topological polar surface area (TPSA) is 75.6 Å². The molecule has 0 unspecified atom stereocenters. The van der Waals surface area contributed by atoms with E-state index in [1.807, 2.05) is 0 Å². The summed E-state index contributed by atoms with van der Waals surface area (Å²) in [5.74, 6) is -0.768. The summed E-state index contributed by atoms with van der Waals surface area (Å²) in [5, 5.41) is 10.6. The SMILES string of the molecule is CCC(=O)OCCNC(=O)CO. The molecule has 2 N–H and O–H groups in total. The average molecular weight is 175 g/mol. The van der Waals surface area contributed by atoms with Crippen molar-refractivity contribution >= 4 is 11.9 Å². The Morgan fingerprint density at radius 3 is 2.67 bits per heavy atom. The molecule has 0 bridgehead atoms. The molecule has 0 saturated heterocycles. The first-order chi connectivity index (χ1) is 5.70. The van der Waals surface area contributed by atoms with E-state index in [2.05, 4.69) is 10.1 Å². The van der Waals surface area contributed by atoms with Crippen LogP contribution in [0.1, 0.15) is 13.3 Å². The Bertz CT molecular complexity index is 139. The van der Waals surface area contributed by atoms with Crippen LogP contribution >= 0.6 is 0 Å². The quantitative estimate of drug-likeness (QED) is 0.417. The van der Waals surface area contributed by atoms with Gasteiger partial charge in [0.05, 0.1) is 6.54 Å². The van der Waals surface area contributed by atoms with Crippen LogP contribution in [0.25, 0.3) is 0 Å². The summed E-state index contributed by atoms with van der Waals surface area (Å²) in [6.07, 6.45) is 0.327. The van der Waals surface area contributed by atoms with E-state index < -0.39 is 12.5 Å². The smallest absolute Gasteiger partial charge is 0.305 e. The van der Waals surface area contributed by atoms with Gasteiger partial charge in [-0.15, -0.1) is 0 Å². The highest BCUT2D eigenvalue weighted by Gasteiger charge is 1.99.